The minimum atomic E-state index is -0.715. The Labute approximate surface area is 166 Å². The minimum absolute atomic E-state index is 0.325. The predicted molar refractivity (Wildman–Crippen MR) is 110 cm³/mol. The summed E-state index contributed by atoms with van der Waals surface area (Å²) in [5, 5.41) is 2.70. The molecule has 5 N–H and O–H groups in total. The average Bonchev–Trinajstić information content (AvgIpc) is 2.73. The highest BCUT2D eigenvalue weighted by Crippen LogP contribution is 2.15. The second kappa shape index (κ2) is 11.9. The van der Waals surface area contributed by atoms with Crippen LogP contribution in [0.2, 0.25) is 0 Å². The smallest absolute Gasteiger partial charge is 0.237 e. The molecule has 0 aliphatic rings. The van der Waals surface area contributed by atoms with Crippen molar-refractivity contribution >= 4 is 12.2 Å². The van der Waals surface area contributed by atoms with Crippen LogP contribution in [0.5, 0.6) is 5.75 Å². The van der Waals surface area contributed by atoms with E-state index in [0.29, 0.717) is 26.0 Å². The lowest BCUT2D eigenvalue weighted by Crippen LogP contribution is -2.47. The standard InChI is InChI=1S/C22H29N3O3/c23-13-5-4-8-19(15-26)25-22(27)21(24)14-17-9-11-20(12-10-17)28-16-18-6-2-1-3-7-18/h1-3,6-7,9-12,15,19,21H,4-5,8,13-14,16,23-24H2,(H,25,27)/t19-,21+/m1/s1. The minimum Gasteiger partial charge on any atom is -0.489 e. The van der Waals surface area contributed by atoms with Crippen molar-refractivity contribution in [2.75, 3.05) is 6.54 Å². The summed E-state index contributed by atoms with van der Waals surface area (Å²) in [5.41, 5.74) is 13.5. The maximum atomic E-state index is 12.2. The van der Waals surface area contributed by atoms with E-state index in [4.69, 9.17) is 16.2 Å². The summed E-state index contributed by atoms with van der Waals surface area (Å²) in [6.07, 6.45) is 3.33. The molecule has 0 spiro atoms. The normalized spacial score (nSPS) is 12.8. The van der Waals surface area contributed by atoms with E-state index in [1.807, 2.05) is 54.6 Å². The van der Waals surface area contributed by atoms with Crippen molar-refractivity contribution in [2.45, 2.75) is 44.4 Å². The number of carbonyl (C=O) groups is 2. The summed E-state index contributed by atoms with van der Waals surface area (Å²) in [6, 6.07) is 16.2. The molecule has 0 fully saturated rings. The van der Waals surface area contributed by atoms with Gasteiger partial charge in [-0.3, -0.25) is 4.79 Å². The van der Waals surface area contributed by atoms with Crippen LogP contribution in [0.15, 0.2) is 54.6 Å². The molecule has 28 heavy (non-hydrogen) atoms. The molecule has 0 aliphatic heterocycles. The summed E-state index contributed by atoms with van der Waals surface area (Å²) in [5.74, 6) is 0.431. The van der Waals surface area contributed by atoms with Gasteiger partial charge in [-0.15, -0.1) is 0 Å². The lowest BCUT2D eigenvalue weighted by molar-refractivity contribution is -0.125. The van der Waals surface area contributed by atoms with Gasteiger partial charge in [0.05, 0.1) is 12.1 Å². The zero-order chi connectivity index (χ0) is 20.2. The Morgan fingerprint density at radius 2 is 1.75 bits per heavy atom. The molecule has 0 saturated heterocycles. The van der Waals surface area contributed by atoms with E-state index < -0.39 is 12.1 Å². The fraction of sp³-hybridized carbons (Fsp3) is 0.364. The van der Waals surface area contributed by atoms with Crippen LogP contribution >= 0.6 is 0 Å². The van der Waals surface area contributed by atoms with Crippen LogP contribution in [0.1, 0.15) is 30.4 Å². The van der Waals surface area contributed by atoms with E-state index in [2.05, 4.69) is 5.32 Å². The van der Waals surface area contributed by atoms with Gasteiger partial charge in [0.25, 0.3) is 0 Å². The summed E-state index contributed by atoms with van der Waals surface area (Å²) in [4.78, 5) is 23.3. The fourth-order valence-corrected chi connectivity index (χ4v) is 2.78. The third kappa shape index (κ3) is 7.50. The molecule has 2 atom stereocenters. The van der Waals surface area contributed by atoms with Crippen molar-refractivity contribution in [3.63, 3.8) is 0 Å². The third-order valence-electron chi connectivity index (χ3n) is 4.43. The highest BCUT2D eigenvalue weighted by molar-refractivity contribution is 5.84. The summed E-state index contributed by atoms with van der Waals surface area (Å²) in [7, 11) is 0. The predicted octanol–water partition coefficient (Wildman–Crippen LogP) is 1.95. The third-order valence-corrected chi connectivity index (χ3v) is 4.43. The second-order valence-corrected chi connectivity index (χ2v) is 6.76. The number of nitrogens with two attached hydrogens (primary N) is 2. The van der Waals surface area contributed by atoms with Crippen LogP contribution in [0, 0.1) is 0 Å². The molecule has 6 nitrogen and oxygen atoms in total. The molecule has 150 valence electrons. The number of hydrogen-bond acceptors (Lipinski definition) is 5. The summed E-state index contributed by atoms with van der Waals surface area (Å²) in [6.45, 7) is 1.07. The van der Waals surface area contributed by atoms with Crippen LogP contribution in [0.4, 0.5) is 0 Å². The first-order valence-corrected chi connectivity index (χ1v) is 9.59. The number of rotatable bonds is 12. The Morgan fingerprint density at radius 1 is 1.04 bits per heavy atom. The lowest BCUT2D eigenvalue weighted by atomic mass is 10.0. The van der Waals surface area contributed by atoms with Gasteiger partial charge in [-0.1, -0.05) is 42.5 Å². The highest BCUT2D eigenvalue weighted by Gasteiger charge is 2.18. The number of carbonyl (C=O) groups excluding carboxylic acids is 2. The first-order valence-electron chi connectivity index (χ1n) is 9.59. The van der Waals surface area contributed by atoms with Crippen molar-refractivity contribution in [1.29, 1.82) is 0 Å². The maximum Gasteiger partial charge on any atom is 0.237 e. The SMILES string of the molecule is NCCCC[C@H](C=O)NC(=O)[C@@H](N)Cc1ccc(OCc2ccccc2)cc1. The Kier molecular flexibility index (Phi) is 9.18. The Bertz CT molecular complexity index is 720. The summed E-state index contributed by atoms with van der Waals surface area (Å²) < 4.78 is 5.76. The molecule has 0 bridgehead atoms. The molecule has 2 rings (SSSR count). The van der Waals surface area contributed by atoms with Crippen LogP contribution < -0.4 is 21.5 Å². The zero-order valence-electron chi connectivity index (χ0n) is 16.1. The maximum absolute atomic E-state index is 12.2. The van der Waals surface area contributed by atoms with Gasteiger partial charge in [-0.2, -0.15) is 0 Å². The van der Waals surface area contributed by atoms with Crippen molar-refractivity contribution in [2.24, 2.45) is 11.5 Å². The first kappa shape index (κ1) is 21.6. The van der Waals surface area contributed by atoms with Gasteiger partial charge in [0.2, 0.25) is 5.91 Å². The number of hydrogen-bond donors (Lipinski definition) is 3. The number of amides is 1. The number of nitrogens with one attached hydrogen (secondary N) is 1. The molecular formula is C22H29N3O3. The number of benzene rings is 2. The Morgan fingerprint density at radius 3 is 2.39 bits per heavy atom. The van der Waals surface area contributed by atoms with Gasteiger partial charge in [-0.25, -0.2) is 0 Å². The zero-order valence-corrected chi connectivity index (χ0v) is 16.1. The van der Waals surface area contributed by atoms with E-state index >= 15 is 0 Å². The van der Waals surface area contributed by atoms with Crippen LogP contribution in [0.3, 0.4) is 0 Å². The van der Waals surface area contributed by atoms with Crippen molar-refractivity contribution < 1.29 is 14.3 Å². The second-order valence-electron chi connectivity index (χ2n) is 6.76. The molecule has 0 radical (unpaired) electrons. The molecule has 0 saturated carbocycles. The largest absolute Gasteiger partial charge is 0.489 e. The lowest BCUT2D eigenvalue weighted by Gasteiger charge is -2.17. The van der Waals surface area contributed by atoms with Gasteiger partial charge >= 0.3 is 0 Å². The number of aldehydes is 1. The molecular weight excluding hydrogens is 354 g/mol. The molecule has 2 aromatic rings. The number of unbranched alkanes of at least 4 members (excludes halogenated alkanes) is 1. The van der Waals surface area contributed by atoms with Crippen LogP contribution in [-0.2, 0) is 22.6 Å². The number of ether oxygens (including phenoxy) is 1. The van der Waals surface area contributed by atoms with E-state index in [9.17, 15) is 9.59 Å². The summed E-state index contributed by atoms with van der Waals surface area (Å²) >= 11 is 0. The molecule has 1 amide bonds. The van der Waals surface area contributed by atoms with Crippen molar-refractivity contribution in [3.05, 3.63) is 65.7 Å². The average molecular weight is 383 g/mol. The molecule has 6 heteroatoms. The van der Waals surface area contributed by atoms with Gasteiger partial charge in [0.1, 0.15) is 18.6 Å². The monoisotopic (exact) mass is 383 g/mol. The van der Waals surface area contributed by atoms with Gasteiger partial charge in [-0.05, 0) is 55.5 Å². The van der Waals surface area contributed by atoms with Crippen LogP contribution in [0.25, 0.3) is 0 Å². The molecule has 0 aromatic heterocycles. The van der Waals surface area contributed by atoms with Gasteiger partial charge in [0.15, 0.2) is 0 Å². The quantitative estimate of drug-likeness (QED) is 0.384. The van der Waals surface area contributed by atoms with Gasteiger partial charge < -0.3 is 26.3 Å². The molecule has 2 aromatic carbocycles. The van der Waals surface area contributed by atoms with E-state index in [1.54, 1.807) is 0 Å². The van der Waals surface area contributed by atoms with Crippen LogP contribution in [-0.4, -0.2) is 30.8 Å². The Balaban J connectivity index is 1.80. The fourth-order valence-electron chi connectivity index (χ4n) is 2.78. The van der Waals surface area contributed by atoms with E-state index in [-0.39, 0.29) is 5.91 Å². The van der Waals surface area contributed by atoms with Gasteiger partial charge in [0, 0.05) is 0 Å². The van der Waals surface area contributed by atoms with Crippen molar-refractivity contribution in [1.82, 2.24) is 5.32 Å². The molecule has 0 heterocycles. The molecule has 0 unspecified atom stereocenters. The Hall–Kier alpha value is -2.70. The first-order chi connectivity index (χ1) is 13.6. The van der Waals surface area contributed by atoms with E-state index in [0.717, 1.165) is 36.0 Å². The molecule has 0 aliphatic carbocycles. The topological polar surface area (TPSA) is 107 Å². The van der Waals surface area contributed by atoms with E-state index in [1.165, 1.54) is 0 Å². The van der Waals surface area contributed by atoms with Crippen molar-refractivity contribution in [3.8, 4) is 5.75 Å². The highest BCUT2D eigenvalue weighted by atomic mass is 16.5.